The molecule has 6 heteroatoms. The minimum Gasteiger partial charge on any atom is -0.468 e. The second-order valence-electron chi connectivity index (χ2n) is 5.25. The third kappa shape index (κ3) is 2.79. The number of ether oxygens (including phenoxy) is 1. The van der Waals surface area contributed by atoms with E-state index in [9.17, 15) is 4.79 Å². The molecule has 1 atom stereocenters. The van der Waals surface area contributed by atoms with E-state index in [0.29, 0.717) is 0 Å². The van der Waals surface area contributed by atoms with Crippen LogP contribution in [0.15, 0.2) is 5.03 Å². The normalized spacial score (nSPS) is 15.8. The minimum absolute atomic E-state index is 0.214. The smallest absolute Gasteiger partial charge is 0.318 e. The highest BCUT2D eigenvalue weighted by atomic mass is 32.2. The first kappa shape index (κ1) is 14.8. The van der Waals surface area contributed by atoms with Crippen molar-refractivity contribution in [3.05, 3.63) is 16.3 Å². The zero-order chi connectivity index (χ0) is 15.0. The Morgan fingerprint density at radius 2 is 2.10 bits per heavy atom. The van der Waals surface area contributed by atoms with Gasteiger partial charge in [0.2, 0.25) is 0 Å². The summed E-state index contributed by atoms with van der Waals surface area (Å²) in [6, 6.07) is 0. The number of carbonyl (C=O) groups is 1. The van der Waals surface area contributed by atoms with Gasteiger partial charge < -0.3 is 4.74 Å². The second-order valence-corrected chi connectivity index (χ2v) is 7.66. The zero-order valence-corrected chi connectivity index (χ0v) is 14.1. The first-order valence-corrected chi connectivity index (χ1v) is 8.83. The number of hydrogen-bond donors (Lipinski definition) is 0. The van der Waals surface area contributed by atoms with Crippen LogP contribution in [-0.2, 0) is 22.4 Å². The Hall–Kier alpha value is -1.14. The van der Waals surface area contributed by atoms with Gasteiger partial charge in [0.15, 0.2) is 0 Å². The van der Waals surface area contributed by atoms with E-state index in [0.717, 1.165) is 28.5 Å². The number of esters is 1. The molecule has 0 saturated carbocycles. The minimum atomic E-state index is -0.258. The van der Waals surface area contributed by atoms with Crippen LogP contribution < -0.4 is 0 Å². The summed E-state index contributed by atoms with van der Waals surface area (Å²) in [7, 11) is 1.42. The van der Waals surface area contributed by atoms with Gasteiger partial charge in [-0.05, 0) is 45.1 Å². The number of carbonyl (C=O) groups excluding carboxylic acids is 1. The number of aromatic nitrogens is 2. The molecule has 1 aliphatic rings. The molecule has 3 rings (SSSR count). The summed E-state index contributed by atoms with van der Waals surface area (Å²) in [5.74, 6) is 0.550. The van der Waals surface area contributed by atoms with Gasteiger partial charge in [-0.3, -0.25) is 4.79 Å². The van der Waals surface area contributed by atoms with E-state index in [1.165, 1.54) is 47.5 Å². The molecule has 21 heavy (non-hydrogen) atoms. The molecule has 1 aliphatic carbocycles. The molecule has 2 heterocycles. The average molecular weight is 322 g/mol. The van der Waals surface area contributed by atoms with Crippen LogP contribution in [-0.4, -0.2) is 28.3 Å². The molecule has 4 nitrogen and oxygen atoms in total. The summed E-state index contributed by atoms with van der Waals surface area (Å²) in [4.78, 5) is 23.4. The Balaban J connectivity index is 2.08. The van der Waals surface area contributed by atoms with Crippen molar-refractivity contribution in [2.24, 2.45) is 0 Å². The lowest BCUT2D eigenvalue weighted by Gasteiger charge is -2.13. The summed E-state index contributed by atoms with van der Waals surface area (Å²) >= 11 is 3.27. The lowest BCUT2D eigenvalue weighted by molar-refractivity contribution is -0.139. The van der Waals surface area contributed by atoms with Gasteiger partial charge in [0.05, 0.1) is 7.11 Å². The van der Waals surface area contributed by atoms with Crippen LogP contribution in [0.5, 0.6) is 0 Å². The van der Waals surface area contributed by atoms with Crippen LogP contribution in [0.3, 0.4) is 0 Å². The van der Waals surface area contributed by atoms with Crippen LogP contribution in [0, 0.1) is 6.92 Å². The molecule has 2 aromatic rings. The maximum absolute atomic E-state index is 11.7. The van der Waals surface area contributed by atoms with Crippen molar-refractivity contribution >= 4 is 39.3 Å². The van der Waals surface area contributed by atoms with Gasteiger partial charge in [0.1, 0.15) is 20.9 Å². The highest BCUT2D eigenvalue weighted by Crippen LogP contribution is 2.40. The number of methoxy groups -OCH3 is 1. The zero-order valence-electron chi connectivity index (χ0n) is 12.4. The van der Waals surface area contributed by atoms with E-state index in [1.54, 1.807) is 11.3 Å². The molecule has 0 aliphatic heterocycles. The number of thiophene rings is 1. The number of fused-ring (bicyclic) bond motifs is 3. The molecular weight excluding hydrogens is 304 g/mol. The van der Waals surface area contributed by atoms with Gasteiger partial charge in [0, 0.05) is 10.3 Å². The third-order valence-corrected chi connectivity index (χ3v) is 5.97. The van der Waals surface area contributed by atoms with Crippen molar-refractivity contribution in [3.63, 3.8) is 0 Å². The van der Waals surface area contributed by atoms with E-state index < -0.39 is 0 Å². The topological polar surface area (TPSA) is 52.1 Å². The number of aryl methyl sites for hydroxylation is 3. The van der Waals surface area contributed by atoms with Gasteiger partial charge in [0.25, 0.3) is 0 Å². The Labute approximate surface area is 132 Å². The van der Waals surface area contributed by atoms with Crippen LogP contribution in [0.2, 0.25) is 0 Å². The fourth-order valence-corrected chi connectivity index (χ4v) is 5.11. The Morgan fingerprint density at radius 1 is 1.33 bits per heavy atom. The predicted molar refractivity (Wildman–Crippen MR) is 86.1 cm³/mol. The number of nitrogens with zero attached hydrogens (tertiary/aromatic N) is 2. The molecule has 0 N–H and O–H groups in total. The molecule has 0 amide bonds. The summed E-state index contributed by atoms with van der Waals surface area (Å²) in [6.07, 6.45) is 4.73. The second kappa shape index (κ2) is 5.93. The van der Waals surface area contributed by atoms with Crippen LogP contribution in [0.4, 0.5) is 0 Å². The number of thioether (sulfide) groups is 1. The van der Waals surface area contributed by atoms with E-state index in [1.807, 2.05) is 13.8 Å². The average Bonchev–Trinajstić information content (AvgIpc) is 2.84. The van der Waals surface area contributed by atoms with Gasteiger partial charge in [-0.15, -0.1) is 11.3 Å². The van der Waals surface area contributed by atoms with Crippen molar-refractivity contribution in [1.82, 2.24) is 9.97 Å². The van der Waals surface area contributed by atoms with Gasteiger partial charge in [-0.1, -0.05) is 11.8 Å². The summed E-state index contributed by atoms with van der Waals surface area (Å²) in [5.41, 5.74) is 1.40. The molecule has 0 aromatic carbocycles. The summed E-state index contributed by atoms with van der Waals surface area (Å²) in [6.45, 7) is 3.77. The molecular formula is C15H18N2O2S2. The molecule has 0 fully saturated rings. The largest absolute Gasteiger partial charge is 0.468 e. The maximum Gasteiger partial charge on any atom is 0.318 e. The highest BCUT2D eigenvalue weighted by molar-refractivity contribution is 8.00. The van der Waals surface area contributed by atoms with Crippen LogP contribution in [0.1, 0.15) is 36.0 Å². The van der Waals surface area contributed by atoms with E-state index >= 15 is 0 Å². The predicted octanol–water partition coefficient (Wildman–Crippen LogP) is 3.53. The van der Waals surface area contributed by atoms with Crippen molar-refractivity contribution in [2.45, 2.75) is 49.8 Å². The number of hydrogen-bond acceptors (Lipinski definition) is 6. The lowest BCUT2D eigenvalue weighted by atomic mass is 9.97. The van der Waals surface area contributed by atoms with Crippen molar-refractivity contribution in [1.29, 1.82) is 0 Å². The van der Waals surface area contributed by atoms with Gasteiger partial charge in [-0.25, -0.2) is 9.97 Å². The van der Waals surface area contributed by atoms with E-state index in [4.69, 9.17) is 4.74 Å². The Kier molecular flexibility index (Phi) is 4.17. The van der Waals surface area contributed by atoms with Gasteiger partial charge in [-0.2, -0.15) is 0 Å². The molecule has 2 aromatic heterocycles. The molecule has 0 unspecified atom stereocenters. The van der Waals surface area contributed by atoms with Crippen molar-refractivity contribution < 1.29 is 9.53 Å². The van der Waals surface area contributed by atoms with Crippen molar-refractivity contribution in [3.8, 4) is 0 Å². The summed E-state index contributed by atoms with van der Waals surface area (Å²) < 4.78 is 4.82. The molecule has 0 radical (unpaired) electrons. The fraction of sp³-hybridized carbons (Fsp3) is 0.533. The van der Waals surface area contributed by atoms with E-state index in [2.05, 4.69) is 9.97 Å². The first-order chi connectivity index (χ1) is 10.1. The first-order valence-electron chi connectivity index (χ1n) is 7.13. The highest BCUT2D eigenvalue weighted by Gasteiger charge is 2.23. The lowest BCUT2D eigenvalue weighted by Crippen LogP contribution is -2.15. The monoisotopic (exact) mass is 322 g/mol. The fourth-order valence-electron chi connectivity index (χ4n) is 2.69. The Morgan fingerprint density at radius 3 is 2.86 bits per heavy atom. The molecule has 0 bridgehead atoms. The van der Waals surface area contributed by atoms with E-state index in [-0.39, 0.29) is 11.2 Å². The third-order valence-electron chi connectivity index (χ3n) is 3.71. The maximum atomic E-state index is 11.7. The molecule has 112 valence electrons. The SMILES string of the molecule is COC(=O)[C@H](C)Sc1nc(C)nc2sc3c(c12)CCCC3. The standard InChI is InChI=1S/C15H18N2O2S2/c1-8(15(18)19-3)20-13-12-10-6-4-5-7-11(10)21-14(12)17-9(2)16-13/h8H,4-7H2,1-3H3/t8-/m0/s1. The summed E-state index contributed by atoms with van der Waals surface area (Å²) in [5, 5.41) is 1.84. The number of rotatable bonds is 3. The Bertz CT molecular complexity index is 697. The quantitative estimate of drug-likeness (QED) is 0.491. The molecule has 0 saturated heterocycles. The van der Waals surface area contributed by atoms with Crippen LogP contribution >= 0.6 is 23.1 Å². The van der Waals surface area contributed by atoms with Gasteiger partial charge >= 0.3 is 5.97 Å². The molecule has 0 spiro atoms. The van der Waals surface area contributed by atoms with Crippen LogP contribution in [0.25, 0.3) is 10.2 Å². The van der Waals surface area contributed by atoms with Crippen molar-refractivity contribution in [2.75, 3.05) is 7.11 Å².